The Labute approximate surface area is 107 Å². The van der Waals surface area contributed by atoms with E-state index >= 15 is 0 Å². The van der Waals surface area contributed by atoms with Crippen LogP contribution in [0.25, 0.3) is 10.8 Å². The van der Waals surface area contributed by atoms with Gasteiger partial charge in [0.2, 0.25) is 0 Å². The zero-order chi connectivity index (χ0) is 12.8. The van der Waals surface area contributed by atoms with Crippen molar-refractivity contribution in [2.75, 3.05) is 19.8 Å². The maximum absolute atomic E-state index is 8.94. The number of hydrogen-bond donors (Lipinski definition) is 3. The normalized spacial score (nSPS) is 11.3. The van der Waals surface area contributed by atoms with Gasteiger partial charge in [-0.3, -0.25) is 0 Å². The van der Waals surface area contributed by atoms with Crippen LogP contribution in [0.15, 0.2) is 42.5 Å². The molecule has 18 heavy (non-hydrogen) atoms. The molecule has 2 rings (SSSR count). The van der Waals surface area contributed by atoms with Crippen LogP contribution in [0.4, 0.5) is 0 Å². The van der Waals surface area contributed by atoms with Crippen LogP contribution in [-0.2, 0) is 6.42 Å². The van der Waals surface area contributed by atoms with E-state index in [0.717, 1.165) is 13.0 Å². The zero-order valence-electron chi connectivity index (χ0n) is 10.3. The average Bonchev–Trinajstić information content (AvgIpc) is 2.43. The Kier molecular flexibility index (Phi) is 4.70. The Morgan fingerprint density at radius 1 is 0.944 bits per heavy atom. The molecule has 0 aliphatic heterocycles. The Hall–Kier alpha value is -1.42. The minimum Gasteiger partial charge on any atom is -0.395 e. The molecule has 0 spiro atoms. The van der Waals surface area contributed by atoms with Gasteiger partial charge in [-0.1, -0.05) is 42.5 Å². The summed E-state index contributed by atoms with van der Waals surface area (Å²) in [6.45, 7) is 0.687. The van der Waals surface area contributed by atoms with Crippen LogP contribution in [0.5, 0.6) is 0 Å². The lowest BCUT2D eigenvalue weighted by Gasteiger charge is -2.13. The summed E-state index contributed by atoms with van der Waals surface area (Å²) in [5.74, 6) is 0. The first-order valence-electron chi connectivity index (χ1n) is 6.26. The minimum absolute atomic E-state index is 0.0335. The molecule has 2 aromatic carbocycles. The molecule has 3 N–H and O–H groups in total. The fourth-order valence-electron chi connectivity index (χ4n) is 2.00. The van der Waals surface area contributed by atoms with Crippen LogP contribution in [0, 0.1) is 0 Å². The molecular weight excluding hydrogens is 226 g/mol. The highest BCUT2D eigenvalue weighted by Gasteiger charge is 2.03. The number of hydrogen-bond acceptors (Lipinski definition) is 3. The van der Waals surface area contributed by atoms with Gasteiger partial charge in [-0.05, 0) is 29.3 Å². The minimum atomic E-state index is -0.217. The number of nitrogens with one attached hydrogen (secondary N) is 1. The molecule has 0 aromatic heterocycles. The van der Waals surface area contributed by atoms with Crippen LogP contribution in [0.2, 0.25) is 0 Å². The van der Waals surface area contributed by atoms with E-state index in [-0.39, 0.29) is 19.3 Å². The topological polar surface area (TPSA) is 52.5 Å². The molecule has 0 bridgehead atoms. The fourth-order valence-corrected chi connectivity index (χ4v) is 2.00. The summed E-state index contributed by atoms with van der Waals surface area (Å²) in [4.78, 5) is 0. The lowest BCUT2D eigenvalue weighted by Crippen LogP contribution is -2.36. The Morgan fingerprint density at radius 3 is 2.39 bits per heavy atom. The van der Waals surface area contributed by atoms with E-state index in [9.17, 15) is 0 Å². The predicted octanol–water partition coefficient (Wildman–Crippen LogP) is 1.33. The highest BCUT2D eigenvalue weighted by molar-refractivity contribution is 5.82. The molecule has 0 amide bonds. The molecule has 0 aliphatic carbocycles. The standard InChI is InChI=1S/C15H19NO2/c17-10-15(11-18)16-8-7-12-5-6-13-3-1-2-4-14(13)9-12/h1-6,9,15-18H,7-8,10-11H2. The Morgan fingerprint density at radius 2 is 1.67 bits per heavy atom. The van der Waals surface area contributed by atoms with E-state index in [1.165, 1.54) is 16.3 Å². The van der Waals surface area contributed by atoms with Gasteiger partial charge in [0.25, 0.3) is 0 Å². The van der Waals surface area contributed by atoms with Gasteiger partial charge in [0, 0.05) is 0 Å². The molecule has 2 aromatic rings. The molecule has 0 heterocycles. The van der Waals surface area contributed by atoms with Crippen molar-refractivity contribution >= 4 is 10.8 Å². The lowest BCUT2D eigenvalue weighted by molar-refractivity contribution is 0.171. The van der Waals surface area contributed by atoms with Gasteiger partial charge in [0.15, 0.2) is 0 Å². The highest BCUT2D eigenvalue weighted by atomic mass is 16.3. The Balaban J connectivity index is 1.95. The van der Waals surface area contributed by atoms with Crippen molar-refractivity contribution in [3.63, 3.8) is 0 Å². The molecular formula is C15H19NO2. The number of rotatable bonds is 6. The van der Waals surface area contributed by atoms with E-state index in [2.05, 4.69) is 35.6 Å². The van der Waals surface area contributed by atoms with E-state index in [0.29, 0.717) is 0 Å². The second-order valence-electron chi connectivity index (χ2n) is 4.45. The summed E-state index contributed by atoms with van der Waals surface area (Å²) in [6, 6.07) is 14.5. The van der Waals surface area contributed by atoms with Crippen LogP contribution in [-0.4, -0.2) is 36.0 Å². The van der Waals surface area contributed by atoms with E-state index < -0.39 is 0 Å². The Bertz CT molecular complexity index is 495. The third-order valence-electron chi connectivity index (χ3n) is 3.10. The molecule has 96 valence electrons. The average molecular weight is 245 g/mol. The number of aliphatic hydroxyl groups excluding tert-OH is 2. The molecule has 0 aliphatic rings. The van der Waals surface area contributed by atoms with Crippen molar-refractivity contribution in [2.45, 2.75) is 12.5 Å². The third-order valence-corrected chi connectivity index (χ3v) is 3.10. The van der Waals surface area contributed by atoms with Gasteiger partial charge >= 0.3 is 0 Å². The first-order valence-corrected chi connectivity index (χ1v) is 6.26. The summed E-state index contributed by atoms with van der Waals surface area (Å²) < 4.78 is 0. The summed E-state index contributed by atoms with van der Waals surface area (Å²) in [5.41, 5.74) is 1.26. The maximum Gasteiger partial charge on any atom is 0.0607 e. The molecule has 0 atom stereocenters. The largest absolute Gasteiger partial charge is 0.395 e. The van der Waals surface area contributed by atoms with Crippen molar-refractivity contribution in [3.8, 4) is 0 Å². The monoisotopic (exact) mass is 245 g/mol. The molecule has 3 nitrogen and oxygen atoms in total. The third kappa shape index (κ3) is 3.29. The molecule has 0 unspecified atom stereocenters. The van der Waals surface area contributed by atoms with Crippen molar-refractivity contribution in [1.29, 1.82) is 0 Å². The van der Waals surface area contributed by atoms with Crippen molar-refractivity contribution in [2.24, 2.45) is 0 Å². The lowest BCUT2D eigenvalue weighted by atomic mass is 10.1. The second kappa shape index (κ2) is 6.50. The summed E-state index contributed by atoms with van der Waals surface area (Å²) in [5, 5.41) is 23.5. The fraction of sp³-hybridized carbons (Fsp3) is 0.333. The molecule has 0 radical (unpaired) electrons. The number of benzene rings is 2. The summed E-state index contributed by atoms with van der Waals surface area (Å²) in [7, 11) is 0. The summed E-state index contributed by atoms with van der Waals surface area (Å²) >= 11 is 0. The van der Waals surface area contributed by atoms with Crippen molar-refractivity contribution in [1.82, 2.24) is 5.32 Å². The van der Waals surface area contributed by atoms with Gasteiger partial charge in [-0.2, -0.15) is 0 Å². The second-order valence-corrected chi connectivity index (χ2v) is 4.45. The van der Waals surface area contributed by atoms with Crippen molar-refractivity contribution in [3.05, 3.63) is 48.0 Å². The molecule has 3 heteroatoms. The van der Waals surface area contributed by atoms with Crippen LogP contribution < -0.4 is 5.32 Å². The van der Waals surface area contributed by atoms with Gasteiger partial charge in [0.1, 0.15) is 0 Å². The predicted molar refractivity (Wildman–Crippen MR) is 73.6 cm³/mol. The van der Waals surface area contributed by atoms with Gasteiger partial charge in [-0.25, -0.2) is 0 Å². The van der Waals surface area contributed by atoms with Gasteiger partial charge < -0.3 is 15.5 Å². The SMILES string of the molecule is OCC(CO)NCCc1ccc2ccccc2c1. The van der Waals surface area contributed by atoms with E-state index in [4.69, 9.17) is 10.2 Å². The summed E-state index contributed by atoms with van der Waals surface area (Å²) in [6.07, 6.45) is 0.890. The molecule has 0 fully saturated rings. The zero-order valence-corrected chi connectivity index (χ0v) is 10.3. The van der Waals surface area contributed by atoms with Crippen LogP contribution in [0.3, 0.4) is 0 Å². The van der Waals surface area contributed by atoms with Crippen LogP contribution >= 0.6 is 0 Å². The highest BCUT2D eigenvalue weighted by Crippen LogP contribution is 2.15. The first-order chi connectivity index (χ1) is 8.83. The molecule has 0 saturated heterocycles. The number of aliphatic hydroxyl groups is 2. The van der Waals surface area contributed by atoms with Crippen LogP contribution in [0.1, 0.15) is 5.56 Å². The van der Waals surface area contributed by atoms with Gasteiger partial charge in [-0.15, -0.1) is 0 Å². The number of fused-ring (bicyclic) bond motifs is 1. The van der Waals surface area contributed by atoms with Crippen molar-refractivity contribution < 1.29 is 10.2 Å². The quantitative estimate of drug-likeness (QED) is 0.719. The maximum atomic E-state index is 8.94. The smallest absolute Gasteiger partial charge is 0.0607 e. The molecule has 0 saturated carbocycles. The van der Waals surface area contributed by atoms with E-state index in [1.807, 2.05) is 12.1 Å². The van der Waals surface area contributed by atoms with Gasteiger partial charge in [0.05, 0.1) is 19.3 Å². The van der Waals surface area contributed by atoms with E-state index in [1.54, 1.807) is 0 Å². The first kappa shape index (κ1) is 13.0.